The number of nitrogens with one attached hydrogen (secondary N) is 1. The summed E-state index contributed by atoms with van der Waals surface area (Å²) < 4.78 is 23.2. The summed E-state index contributed by atoms with van der Waals surface area (Å²) in [5.74, 6) is -0.612. The quantitative estimate of drug-likeness (QED) is 0.896. The SMILES string of the molecule is CC(=O)N(CC(=O)Nc1ccc(C)c(C)c1)C1CCS(=O)(=O)C1. The van der Waals surface area contributed by atoms with Crippen molar-refractivity contribution in [2.24, 2.45) is 0 Å². The predicted molar refractivity (Wildman–Crippen MR) is 89.0 cm³/mol. The molecule has 0 aliphatic carbocycles. The van der Waals surface area contributed by atoms with E-state index < -0.39 is 15.9 Å². The molecule has 126 valence electrons. The van der Waals surface area contributed by atoms with E-state index in [0.29, 0.717) is 12.1 Å². The molecular formula is C16H22N2O4S. The van der Waals surface area contributed by atoms with Gasteiger partial charge in [0.25, 0.3) is 0 Å². The van der Waals surface area contributed by atoms with Gasteiger partial charge in [0, 0.05) is 18.7 Å². The van der Waals surface area contributed by atoms with Gasteiger partial charge in [0.05, 0.1) is 11.5 Å². The molecule has 7 heteroatoms. The first kappa shape index (κ1) is 17.5. The molecule has 23 heavy (non-hydrogen) atoms. The molecule has 0 radical (unpaired) electrons. The Kier molecular flexibility index (Phi) is 5.09. The highest BCUT2D eigenvalue weighted by Crippen LogP contribution is 2.18. The molecule has 1 saturated heterocycles. The number of carbonyl (C=O) groups is 2. The fourth-order valence-corrected chi connectivity index (χ4v) is 4.42. The number of nitrogens with zero attached hydrogens (tertiary/aromatic N) is 1. The molecule has 1 atom stereocenters. The zero-order valence-electron chi connectivity index (χ0n) is 13.6. The van der Waals surface area contributed by atoms with Gasteiger partial charge in [0.2, 0.25) is 11.8 Å². The Hall–Kier alpha value is -1.89. The van der Waals surface area contributed by atoms with Gasteiger partial charge in [-0.2, -0.15) is 0 Å². The lowest BCUT2D eigenvalue weighted by Gasteiger charge is -2.26. The largest absolute Gasteiger partial charge is 0.330 e. The predicted octanol–water partition coefficient (Wildman–Crippen LogP) is 1.28. The second kappa shape index (κ2) is 6.70. The van der Waals surface area contributed by atoms with Gasteiger partial charge in [-0.3, -0.25) is 9.59 Å². The monoisotopic (exact) mass is 338 g/mol. The minimum atomic E-state index is -3.10. The minimum Gasteiger partial charge on any atom is -0.330 e. The first-order chi connectivity index (χ1) is 10.7. The number of hydrogen-bond donors (Lipinski definition) is 1. The van der Waals surface area contributed by atoms with E-state index >= 15 is 0 Å². The molecular weight excluding hydrogens is 316 g/mol. The summed E-state index contributed by atoms with van der Waals surface area (Å²) in [4.78, 5) is 25.3. The van der Waals surface area contributed by atoms with E-state index in [1.807, 2.05) is 26.0 Å². The van der Waals surface area contributed by atoms with Gasteiger partial charge >= 0.3 is 0 Å². The van der Waals surface area contributed by atoms with Crippen LogP contribution in [0.3, 0.4) is 0 Å². The van der Waals surface area contributed by atoms with Gasteiger partial charge in [-0.1, -0.05) is 6.07 Å². The number of carbonyl (C=O) groups excluding carboxylic acids is 2. The van der Waals surface area contributed by atoms with Crippen molar-refractivity contribution in [3.63, 3.8) is 0 Å². The van der Waals surface area contributed by atoms with Gasteiger partial charge in [0.1, 0.15) is 6.54 Å². The van der Waals surface area contributed by atoms with E-state index in [1.165, 1.54) is 11.8 Å². The zero-order valence-corrected chi connectivity index (χ0v) is 14.4. The van der Waals surface area contributed by atoms with Gasteiger partial charge in [-0.05, 0) is 43.5 Å². The number of amides is 2. The van der Waals surface area contributed by atoms with E-state index in [2.05, 4.69) is 5.32 Å². The average molecular weight is 338 g/mol. The second-order valence-corrected chi connectivity index (χ2v) is 8.28. The Balaban J connectivity index is 2.03. The van der Waals surface area contributed by atoms with Crippen molar-refractivity contribution in [1.82, 2.24) is 4.90 Å². The highest BCUT2D eigenvalue weighted by Gasteiger charge is 2.34. The van der Waals surface area contributed by atoms with Crippen LogP contribution in [0.1, 0.15) is 24.5 Å². The Morgan fingerprint density at radius 1 is 1.26 bits per heavy atom. The third-order valence-electron chi connectivity index (χ3n) is 4.16. The molecule has 1 aromatic rings. The molecule has 1 aliphatic heterocycles. The molecule has 2 rings (SSSR count). The van der Waals surface area contributed by atoms with Crippen molar-refractivity contribution in [3.05, 3.63) is 29.3 Å². The van der Waals surface area contributed by atoms with Gasteiger partial charge in [-0.15, -0.1) is 0 Å². The van der Waals surface area contributed by atoms with Crippen LogP contribution in [0.15, 0.2) is 18.2 Å². The number of hydrogen-bond acceptors (Lipinski definition) is 4. The Morgan fingerprint density at radius 2 is 1.96 bits per heavy atom. The Morgan fingerprint density at radius 3 is 2.48 bits per heavy atom. The molecule has 0 saturated carbocycles. The second-order valence-electron chi connectivity index (χ2n) is 6.05. The molecule has 1 aliphatic rings. The smallest absolute Gasteiger partial charge is 0.244 e. The van der Waals surface area contributed by atoms with Crippen molar-refractivity contribution in [3.8, 4) is 0 Å². The van der Waals surface area contributed by atoms with Crippen LogP contribution < -0.4 is 5.32 Å². The van der Waals surface area contributed by atoms with E-state index in [4.69, 9.17) is 0 Å². The Bertz CT molecular complexity index is 728. The van der Waals surface area contributed by atoms with Gasteiger partial charge < -0.3 is 10.2 Å². The molecule has 0 bridgehead atoms. The number of rotatable bonds is 4. The van der Waals surface area contributed by atoms with Crippen molar-refractivity contribution in [2.45, 2.75) is 33.2 Å². The van der Waals surface area contributed by atoms with Crippen LogP contribution in [-0.2, 0) is 19.4 Å². The summed E-state index contributed by atoms with van der Waals surface area (Å²) in [6.45, 7) is 5.16. The summed E-state index contributed by atoms with van der Waals surface area (Å²) in [6, 6.07) is 5.17. The molecule has 2 amide bonds. The Labute approximate surface area is 136 Å². The maximum Gasteiger partial charge on any atom is 0.244 e. The molecule has 0 aromatic heterocycles. The fourth-order valence-electron chi connectivity index (χ4n) is 2.69. The van der Waals surface area contributed by atoms with E-state index in [9.17, 15) is 18.0 Å². The van der Waals surface area contributed by atoms with Crippen LogP contribution in [0.5, 0.6) is 0 Å². The van der Waals surface area contributed by atoms with Crippen LogP contribution in [0, 0.1) is 13.8 Å². The lowest BCUT2D eigenvalue weighted by molar-refractivity contribution is -0.134. The maximum atomic E-state index is 12.2. The highest BCUT2D eigenvalue weighted by molar-refractivity contribution is 7.91. The number of aryl methyl sites for hydroxylation is 2. The van der Waals surface area contributed by atoms with E-state index in [-0.39, 0.29) is 29.9 Å². The van der Waals surface area contributed by atoms with Crippen LogP contribution in [0.4, 0.5) is 5.69 Å². The molecule has 1 heterocycles. The molecule has 0 spiro atoms. The molecule has 1 unspecified atom stereocenters. The summed E-state index contributed by atoms with van der Waals surface area (Å²) in [5.41, 5.74) is 2.86. The van der Waals surface area contributed by atoms with Crippen LogP contribution in [-0.4, -0.2) is 49.2 Å². The third-order valence-corrected chi connectivity index (χ3v) is 5.91. The number of benzene rings is 1. The lowest BCUT2D eigenvalue weighted by Crippen LogP contribution is -2.44. The summed E-state index contributed by atoms with van der Waals surface area (Å²) in [5, 5.41) is 2.76. The first-order valence-electron chi connectivity index (χ1n) is 7.53. The minimum absolute atomic E-state index is 0.0660. The topological polar surface area (TPSA) is 83.6 Å². The van der Waals surface area contributed by atoms with E-state index in [0.717, 1.165) is 11.1 Å². The summed E-state index contributed by atoms with van der Waals surface area (Å²) in [7, 11) is -3.10. The van der Waals surface area contributed by atoms with Crippen molar-refractivity contribution in [2.75, 3.05) is 23.4 Å². The van der Waals surface area contributed by atoms with Crippen molar-refractivity contribution in [1.29, 1.82) is 0 Å². The molecule has 1 aromatic carbocycles. The summed E-state index contributed by atoms with van der Waals surface area (Å²) in [6.07, 6.45) is 0.388. The number of anilines is 1. The zero-order chi connectivity index (χ0) is 17.2. The molecule has 6 nitrogen and oxygen atoms in total. The van der Waals surface area contributed by atoms with Crippen LogP contribution >= 0.6 is 0 Å². The lowest BCUT2D eigenvalue weighted by atomic mass is 10.1. The van der Waals surface area contributed by atoms with Gasteiger partial charge in [0.15, 0.2) is 9.84 Å². The molecule has 1 fully saturated rings. The standard InChI is InChI=1S/C16H22N2O4S/c1-11-4-5-14(8-12(11)2)17-16(20)9-18(13(3)19)15-6-7-23(21,22)10-15/h4-5,8,15H,6-7,9-10H2,1-3H3,(H,17,20). The first-order valence-corrected chi connectivity index (χ1v) is 9.35. The maximum absolute atomic E-state index is 12.2. The normalized spacial score (nSPS) is 19.3. The average Bonchev–Trinajstić information content (AvgIpc) is 2.80. The van der Waals surface area contributed by atoms with Crippen molar-refractivity contribution >= 4 is 27.3 Å². The third kappa shape index (κ3) is 4.54. The van der Waals surface area contributed by atoms with E-state index in [1.54, 1.807) is 6.07 Å². The highest BCUT2D eigenvalue weighted by atomic mass is 32.2. The van der Waals surface area contributed by atoms with Crippen LogP contribution in [0.25, 0.3) is 0 Å². The van der Waals surface area contributed by atoms with Crippen molar-refractivity contribution < 1.29 is 18.0 Å². The molecule has 1 N–H and O–H groups in total. The fraction of sp³-hybridized carbons (Fsp3) is 0.500. The summed E-state index contributed by atoms with van der Waals surface area (Å²) >= 11 is 0. The van der Waals surface area contributed by atoms with Crippen LogP contribution in [0.2, 0.25) is 0 Å². The number of sulfone groups is 1. The van der Waals surface area contributed by atoms with Gasteiger partial charge in [-0.25, -0.2) is 8.42 Å².